The average Bonchev–Trinajstić information content (AvgIpc) is 3.18. The Morgan fingerprint density at radius 1 is 0.972 bits per heavy atom. The van der Waals surface area contributed by atoms with E-state index in [0.717, 1.165) is 50.6 Å². The van der Waals surface area contributed by atoms with Gasteiger partial charge in [-0.05, 0) is 105 Å². The Morgan fingerprint density at radius 3 is 2.44 bits per heavy atom. The van der Waals surface area contributed by atoms with Gasteiger partial charge in [0, 0.05) is 25.3 Å². The lowest BCUT2D eigenvalue weighted by molar-refractivity contribution is -0.0226. The number of benzene rings is 1. The molecular weight excluding hydrogens is 456 g/mol. The zero-order valence-corrected chi connectivity index (χ0v) is 22.2. The lowest BCUT2D eigenvalue weighted by Crippen LogP contribution is -2.43. The molecule has 0 bridgehead atoms. The number of hydrogen-bond acceptors (Lipinski definition) is 7. The van der Waals surface area contributed by atoms with Crippen LogP contribution in [0.1, 0.15) is 74.5 Å². The summed E-state index contributed by atoms with van der Waals surface area (Å²) in [5, 5.41) is 24.8. The highest BCUT2D eigenvalue weighted by molar-refractivity contribution is 5.45. The number of aliphatic hydroxyl groups is 1. The van der Waals surface area contributed by atoms with Crippen molar-refractivity contribution in [3.63, 3.8) is 0 Å². The van der Waals surface area contributed by atoms with E-state index >= 15 is 0 Å². The first-order chi connectivity index (χ1) is 17.5. The molecule has 2 saturated carbocycles. The maximum atomic E-state index is 10.7. The second kappa shape index (κ2) is 13.5. The molecule has 0 spiro atoms. The fraction of sp³-hybridized carbons (Fsp3) is 0.793. The SMILES string of the molecule is C[C@]12CC[C@@H]3c4cc(CNCCCOCCOCCOCCCN)c(O)cc4CC[C@H]3[C@@H]1CC[C@@H]2O. The van der Waals surface area contributed by atoms with Crippen molar-refractivity contribution in [2.45, 2.75) is 76.9 Å². The summed E-state index contributed by atoms with van der Waals surface area (Å²) in [6.07, 6.45) is 8.30. The molecule has 4 rings (SSSR count). The van der Waals surface area contributed by atoms with Gasteiger partial charge < -0.3 is 35.5 Å². The van der Waals surface area contributed by atoms with Gasteiger partial charge in [-0.1, -0.05) is 13.0 Å². The smallest absolute Gasteiger partial charge is 0.120 e. The van der Waals surface area contributed by atoms with E-state index in [2.05, 4.69) is 18.3 Å². The summed E-state index contributed by atoms with van der Waals surface area (Å²) in [5.74, 6) is 2.29. The van der Waals surface area contributed by atoms with Crippen LogP contribution in [-0.2, 0) is 27.2 Å². The number of rotatable bonds is 15. The average molecular weight is 505 g/mol. The minimum absolute atomic E-state index is 0.104. The molecule has 2 fully saturated rings. The maximum absolute atomic E-state index is 10.7. The Bertz CT molecular complexity index is 821. The Labute approximate surface area is 217 Å². The highest BCUT2D eigenvalue weighted by Crippen LogP contribution is 2.61. The molecule has 5 atom stereocenters. The minimum Gasteiger partial charge on any atom is -0.508 e. The van der Waals surface area contributed by atoms with Crippen LogP contribution in [-0.4, -0.2) is 69.0 Å². The van der Waals surface area contributed by atoms with Crippen molar-refractivity contribution >= 4 is 0 Å². The zero-order valence-electron chi connectivity index (χ0n) is 22.2. The number of aryl methyl sites for hydroxylation is 1. The Morgan fingerprint density at radius 2 is 1.69 bits per heavy atom. The predicted molar refractivity (Wildman–Crippen MR) is 141 cm³/mol. The van der Waals surface area contributed by atoms with Crippen LogP contribution in [0.2, 0.25) is 0 Å². The van der Waals surface area contributed by atoms with Crippen molar-refractivity contribution in [1.29, 1.82) is 0 Å². The molecule has 0 saturated heterocycles. The van der Waals surface area contributed by atoms with Gasteiger partial charge in [-0.3, -0.25) is 0 Å². The third-order valence-electron chi connectivity index (χ3n) is 9.07. The Kier molecular flexibility index (Phi) is 10.5. The van der Waals surface area contributed by atoms with Gasteiger partial charge in [0.15, 0.2) is 0 Å². The van der Waals surface area contributed by atoms with Crippen LogP contribution in [0.3, 0.4) is 0 Å². The van der Waals surface area contributed by atoms with Crippen molar-refractivity contribution in [3.05, 3.63) is 28.8 Å². The van der Waals surface area contributed by atoms with Crippen LogP contribution in [0, 0.1) is 17.3 Å². The second-order valence-corrected chi connectivity index (χ2v) is 11.2. The first-order valence-electron chi connectivity index (χ1n) is 14.2. The Balaban J connectivity index is 1.15. The number of nitrogens with two attached hydrogens (primary N) is 1. The van der Waals surface area contributed by atoms with Gasteiger partial charge in [0.05, 0.1) is 32.5 Å². The molecule has 0 unspecified atom stereocenters. The fourth-order valence-corrected chi connectivity index (χ4v) is 7.02. The van der Waals surface area contributed by atoms with Gasteiger partial charge in [0.2, 0.25) is 0 Å². The molecule has 0 heterocycles. The first-order valence-corrected chi connectivity index (χ1v) is 14.2. The van der Waals surface area contributed by atoms with Crippen LogP contribution in [0.5, 0.6) is 5.75 Å². The summed E-state index contributed by atoms with van der Waals surface area (Å²) in [7, 11) is 0. The monoisotopic (exact) mass is 504 g/mol. The van der Waals surface area contributed by atoms with E-state index in [1.54, 1.807) is 0 Å². The van der Waals surface area contributed by atoms with Crippen molar-refractivity contribution in [3.8, 4) is 5.75 Å². The van der Waals surface area contributed by atoms with Gasteiger partial charge in [-0.15, -0.1) is 0 Å². The molecule has 0 aliphatic heterocycles. The van der Waals surface area contributed by atoms with Crippen molar-refractivity contribution in [2.24, 2.45) is 23.0 Å². The highest BCUT2D eigenvalue weighted by atomic mass is 16.5. The third kappa shape index (κ3) is 6.61. The number of phenols is 1. The van der Waals surface area contributed by atoms with E-state index < -0.39 is 0 Å². The lowest BCUT2D eigenvalue weighted by Gasteiger charge is -2.50. The minimum atomic E-state index is -0.132. The van der Waals surface area contributed by atoms with Gasteiger partial charge >= 0.3 is 0 Å². The van der Waals surface area contributed by atoms with Crippen LogP contribution >= 0.6 is 0 Å². The molecule has 0 radical (unpaired) electrons. The van der Waals surface area contributed by atoms with Gasteiger partial charge in [0.25, 0.3) is 0 Å². The summed E-state index contributed by atoms with van der Waals surface area (Å²) < 4.78 is 16.5. The maximum Gasteiger partial charge on any atom is 0.120 e. The normalized spacial score (nSPS) is 29.1. The van der Waals surface area contributed by atoms with Crippen LogP contribution < -0.4 is 11.1 Å². The number of hydrogen-bond donors (Lipinski definition) is 4. The largest absolute Gasteiger partial charge is 0.508 e. The molecular formula is C29H48N2O5. The zero-order chi connectivity index (χ0) is 25.4. The number of aromatic hydroxyl groups is 1. The summed E-state index contributed by atoms with van der Waals surface area (Å²) in [6, 6.07) is 4.29. The number of aliphatic hydroxyl groups excluding tert-OH is 1. The van der Waals surface area contributed by atoms with E-state index in [-0.39, 0.29) is 11.5 Å². The highest BCUT2D eigenvalue weighted by Gasteiger charge is 2.54. The summed E-state index contributed by atoms with van der Waals surface area (Å²) in [6.45, 7) is 8.24. The van der Waals surface area contributed by atoms with Crippen molar-refractivity contribution < 1.29 is 24.4 Å². The molecule has 36 heavy (non-hydrogen) atoms. The third-order valence-corrected chi connectivity index (χ3v) is 9.07. The van der Waals surface area contributed by atoms with E-state index in [9.17, 15) is 10.2 Å². The molecule has 1 aromatic rings. The van der Waals surface area contributed by atoms with E-state index in [0.29, 0.717) is 76.2 Å². The second-order valence-electron chi connectivity index (χ2n) is 11.2. The van der Waals surface area contributed by atoms with Crippen molar-refractivity contribution in [2.75, 3.05) is 52.7 Å². The van der Waals surface area contributed by atoms with E-state index in [1.165, 1.54) is 24.0 Å². The van der Waals surface area contributed by atoms with E-state index in [1.807, 2.05) is 6.07 Å². The molecule has 0 aromatic heterocycles. The number of phenolic OH excluding ortho intramolecular Hbond substituents is 1. The van der Waals surface area contributed by atoms with Crippen LogP contribution in [0.25, 0.3) is 0 Å². The van der Waals surface area contributed by atoms with Gasteiger partial charge in [0.1, 0.15) is 5.75 Å². The topological polar surface area (TPSA) is 106 Å². The van der Waals surface area contributed by atoms with Gasteiger partial charge in [-0.2, -0.15) is 0 Å². The summed E-state index contributed by atoms with van der Waals surface area (Å²) in [5.41, 5.74) is 9.31. The fourth-order valence-electron chi connectivity index (χ4n) is 7.02. The summed E-state index contributed by atoms with van der Waals surface area (Å²) in [4.78, 5) is 0. The molecule has 5 N–H and O–H groups in total. The molecule has 3 aliphatic carbocycles. The van der Waals surface area contributed by atoms with E-state index in [4.69, 9.17) is 19.9 Å². The lowest BCUT2D eigenvalue weighted by atomic mass is 9.55. The number of ether oxygens (including phenoxy) is 3. The van der Waals surface area contributed by atoms with Crippen LogP contribution in [0.15, 0.2) is 12.1 Å². The molecule has 1 aromatic carbocycles. The van der Waals surface area contributed by atoms with Crippen molar-refractivity contribution in [1.82, 2.24) is 5.32 Å². The molecule has 3 aliphatic rings. The molecule has 0 amide bonds. The standard InChI is InChI=1S/C29H48N2O5/c1-29-9-8-23-24(26(29)6-7-28(29)33)5-4-21-19-27(32)22(18-25(21)23)20-31-11-3-13-35-15-17-36-16-14-34-12-2-10-30/h18-19,23-24,26,28,31-33H,2-17,20,30H2,1H3/t23-,24+,26-,28-,29-/m0/s1. The van der Waals surface area contributed by atoms with Crippen LogP contribution in [0.4, 0.5) is 0 Å². The number of fused-ring (bicyclic) bond motifs is 5. The quantitative estimate of drug-likeness (QED) is 0.271. The van der Waals surface area contributed by atoms with Gasteiger partial charge in [-0.25, -0.2) is 0 Å². The number of nitrogens with one attached hydrogen (secondary N) is 1. The molecule has 204 valence electrons. The predicted octanol–water partition coefficient (Wildman–Crippen LogP) is 3.49. The molecule has 7 nitrogen and oxygen atoms in total. The first kappa shape index (κ1) is 27.8. The molecule has 7 heteroatoms. The Hall–Kier alpha value is -1.22. The summed E-state index contributed by atoms with van der Waals surface area (Å²) >= 11 is 0.